The monoisotopic (exact) mass is 750 g/mol. The number of aliphatic hydroxyl groups is 1. The van der Waals surface area contributed by atoms with Crippen LogP contribution in [0.2, 0.25) is 0 Å². The number of nitrogens with zero attached hydrogens (tertiary/aromatic N) is 5. The molecule has 0 saturated carbocycles. The highest BCUT2D eigenvalue weighted by Gasteiger charge is 2.41. The number of hydrogen-bond acceptors (Lipinski definition) is 7. The zero-order valence-corrected chi connectivity index (χ0v) is 32.8. The maximum Gasteiger partial charge on any atom is 0.240 e. The molecule has 7 unspecified atom stereocenters. The first-order valence-corrected chi connectivity index (χ1v) is 20.1. The van der Waals surface area contributed by atoms with Crippen LogP contribution < -0.4 is 10.5 Å². The average Bonchev–Trinajstić information content (AvgIpc) is 4.02. The van der Waals surface area contributed by atoms with E-state index in [1.807, 2.05) is 43.0 Å². The van der Waals surface area contributed by atoms with E-state index in [1.54, 1.807) is 0 Å². The number of carbonyl (C=O) groups excluding carboxylic acids is 1. The number of carbonyl (C=O) groups is 1. The molecule has 1 amide bonds. The van der Waals surface area contributed by atoms with Crippen molar-refractivity contribution in [2.45, 2.75) is 110 Å². The molecule has 0 bridgehead atoms. The maximum atomic E-state index is 14.8. The number of benzene rings is 2. The molecule has 292 valence electrons. The fourth-order valence-electron chi connectivity index (χ4n) is 8.67. The second-order valence-corrected chi connectivity index (χ2v) is 16.6. The Morgan fingerprint density at radius 2 is 1.67 bits per heavy atom. The first-order valence-electron chi connectivity index (χ1n) is 20.1. The number of aliphatic hydroxyl groups excluding tert-OH is 1. The van der Waals surface area contributed by atoms with E-state index in [0.717, 1.165) is 81.9 Å². The molecular formula is C43H55FN8O3. The van der Waals surface area contributed by atoms with E-state index in [4.69, 9.17) is 20.4 Å². The molecule has 12 heteroatoms. The SMILES string of the molecule is CCCC1Oc2cc(-c3cnc(C4CCCN4C(=O)C(N)C(C)C)[nH]3)ccc2-c2cc3cc(-c4cnc(C5CC(F)CN5C(O)C(C)C(C)C)[nH]4)ccc3n21. The van der Waals surface area contributed by atoms with Crippen LogP contribution >= 0.6 is 0 Å². The van der Waals surface area contributed by atoms with Crippen LogP contribution in [0.25, 0.3) is 44.7 Å². The van der Waals surface area contributed by atoms with Crippen molar-refractivity contribution in [1.29, 1.82) is 0 Å². The van der Waals surface area contributed by atoms with Crippen molar-refractivity contribution < 1.29 is 19.0 Å². The molecule has 5 N–H and O–H groups in total. The van der Waals surface area contributed by atoms with Gasteiger partial charge in [0.25, 0.3) is 0 Å². The number of nitrogens with two attached hydrogens (primary N) is 1. The molecule has 0 aliphatic carbocycles. The first-order chi connectivity index (χ1) is 26.4. The Kier molecular flexibility index (Phi) is 10.1. The van der Waals surface area contributed by atoms with Gasteiger partial charge in [-0.3, -0.25) is 9.69 Å². The van der Waals surface area contributed by atoms with Gasteiger partial charge in [0.05, 0.1) is 53.1 Å². The minimum atomic E-state index is -1.01. The van der Waals surface area contributed by atoms with E-state index >= 15 is 0 Å². The molecule has 55 heavy (non-hydrogen) atoms. The largest absolute Gasteiger partial charge is 0.469 e. The second kappa shape index (κ2) is 14.9. The van der Waals surface area contributed by atoms with Gasteiger partial charge >= 0.3 is 0 Å². The molecule has 3 aromatic heterocycles. The highest BCUT2D eigenvalue weighted by molar-refractivity contribution is 5.92. The van der Waals surface area contributed by atoms with E-state index in [0.29, 0.717) is 18.8 Å². The Balaban J connectivity index is 1.07. The van der Waals surface area contributed by atoms with Gasteiger partial charge in [-0.25, -0.2) is 14.4 Å². The molecule has 2 saturated heterocycles. The molecule has 3 aliphatic rings. The van der Waals surface area contributed by atoms with Crippen LogP contribution in [0, 0.1) is 17.8 Å². The quantitative estimate of drug-likeness (QED) is 0.107. The standard InChI is InChI=1S/C43H55FN8O3/c1-7-9-38-52-33-14-12-26(31-20-47-41(49-31)36-19-29(44)22-51(36)42(53)25(6)23(2)3)16-28(33)17-35(52)30-13-11-27(18-37(30)55-38)32-21-46-40(48-32)34-10-8-15-50(34)43(54)39(45)24(4)5/h11-14,16-18,20-21,23-25,29,34,36,38-39,42,53H,7-10,15,19,22,45H2,1-6H3,(H,46,48)(H,47,49). The van der Waals surface area contributed by atoms with Crippen molar-refractivity contribution in [3.8, 4) is 39.5 Å². The number of aromatic amines is 2. The van der Waals surface area contributed by atoms with Gasteiger partial charge in [-0.15, -0.1) is 0 Å². The molecule has 5 aromatic rings. The third-order valence-corrected chi connectivity index (χ3v) is 12.3. The topological polar surface area (TPSA) is 141 Å². The smallest absolute Gasteiger partial charge is 0.240 e. The Morgan fingerprint density at radius 3 is 2.36 bits per heavy atom. The van der Waals surface area contributed by atoms with Crippen LogP contribution in [-0.4, -0.2) is 76.8 Å². The lowest BCUT2D eigenvalue weighted by Gasteiger charge is -2.33. The summed E-state index contributed by atoms with van der Waals surface area (Å²) in [6.45, 7) is 13.2. The van der Waals surface area contributed by atoms with Gasteiger partial charge in [-0.2, -0.15) is 0 Å². The third-order valence-electron chi connectivity index (χ3n) is 12.3. The summed E-state index contributed by atoms with van der Waals surface area (Å²) in [5, 5.41) is 12.2. The molecule has 0 radical (unpaired) electrons. The van der Waals surface area contributed by atoms with Crippen molar-refractivity contribution in [3.63, 3.8) is 0 Å². The van der Waals surface area contributed by atoms with E-state index in [-0.39, 0.29) is 48.5 Å². The Labute approximate surface area is 322 Å². The lowest BCUT2D eigenvalue weighted by atomic mass is 9.95. The van der Waals surface area contributed by atoms with E-state index in [2.05, 4.69) is 77.8 Å². The zero-order chi connectivity index (χ0) is 38.7. The number of alkyl halides is 1. The number of halogens is 1. The van der Waals surface area contributed by atoms with Crippen LogP contribution in [0.15, 0.2) is 54.9 Å². The fraction of sp³-hybridized carbons (Fsp3) is 0.512. The van der Waals surface area contributed by atoms with Gasteiger partial charge in [0, 0.05) is 48.0 Å². The number of hydrogen-bond donors (Lipinski definition) is 4. The van der Waals surface area contributed by atoms with Crippen LogP contribution in [0.3, 0.4) is 0 Å². The van der Waals surface area contributed by atoms with Crippen LogP contribution in [0.1, 0.15) is 104 Å². The summed E-state index contributed by atoms with van der Waals surface area (Å²) in [4.78, 5) is 33.4. The lowest BCUT2D eigenvalue weighted by molar-refractivity contribution is -0.134. The Morgan fingerprint density at radius 1 is 0.982 bits per heavy atom. The summed E-state index contributed by atoms with van der Waals surface area (Å²) in [5.74, 6) is 2.60. The lowest BCUT2D eigenvalue weighted by Crippen LogP contribution is -2.46. The molecule has 8 rings (SSSR count). The number of imidazole rings is 2. The number of fused-ring (bicyclic) bond motifs is 5. The van der Waals surface area contributed by atoms with Gasteiger partial charge in [0.1, 0.15) is 29.8 Å². The third kappa shape index (κ3) is 6.76. The van der Waals surface area contributed by atoms with Crippen molar-refractivity contribution in [2.75, 3.05) is 13.1 Å². The Hall–Kier alpha value is -4.52. The number of H-pyrrole nitrogens is 2. The molecule has 11 nitrogen and oxygen atoms in total. The highest BCUT2D eigenvalue weighted by Crippen LogP contribution is 2.46. The van der Waals surface area contributed by atoms with Gasteiger partial charge in [0.15, 0.2) is 6.23 Å². The van der Waals surface area contributed by atoms with E-state index in [1.165, 1.54) is 0 Å². The number of aromatic nitrogens is 5. The second-order valence-electron chi connectivity index (χ2n) is 16.6. The summed E-state index contributed by atoms with van der Waals surface area (Å²) in [6, 6.07) is 14.0. The summed E-state index contributed by atoms with van der Waals surface area (Å²) < 4.78 is 23.8. The normalized spacial score (nSPS) is 23.0. The average molecular weight is 751 g/mol. The van der Waals surface area contributed by atoms with Crippen LogP contribution in [0.4, 0.5) is 4.39 Å². The first kappa shape index (κ1) is 37.4. The number of nitrogens with one attached hydrogen (secondary N) is 2. The maximum absolute atomic E-state index is 14.8. The Bertz CT molecular complexity index is 2170. The highest BCUT2D eigenvalue weighted by atomic mass is 19.1. The van der Waals surface area contributed by atoms with Crippen LogP contribution in [-0.2, 0) is 4.79 Å². The van der Waals surface area contributed by atoms with Crippen LogP contribution in [0.5, 0.6) is 5.75 Å². The predicted octanol–water partition coefficient (Wildman–Crippen LogP) is 8.12. The van der Waals surface area contributed by atoms with Gasteiger partial charge in [-0.1, -0.05) is 60.1 Å². The van der Waals surface area contributed by atoms with E-state index in [9.17, 15) is 14.3 Å². The summed E-state index contributed by atoms with van der Waals surface area (Å²) >= 11 is 0. The zero-order valence-electron chi connectivity index (χ0n) is 32.8. The molecule has 6 heterocycles. The molecule has 3 aliphatic heterocycles. The molecular weight excluding hydrogens is 696 g/mol. The van der Waals surface area contributed by atoms with E-state index < -0.39 is 18.4 Å². The minimum absolute atomic E-state index is 0.00169. The van der Waals surface area contributed by atoms with Gasteiger partial charge in [-0.05, 0) is 60.9 Å². The van der Waals surface area contributed by atoms with Gasteiger partial charge in [0.2, 0.25) is 5.91 Å². The van der Waals surface area contributed by atoms with Crippen molar-refractivity contribution in [1.82, 2.24) is 34.3 Å². The van der Waals surface area contributed by atoms with Crippen molar-refractivity contribution in [2.24, 2.45) is 23.5 Å². The summed E-state index contributed by atoms with van der Waals surface area (Å²) in [5.41, 5.74) is 13.1. The van der Waals surface area contributed by atoms with Crippen molar-refractivity contribution in [3.05, 3.63) is 66.5 Å². The fourth-order valence-corrected chi connectivity index (χ4v) is 8.67. The number of rotatable bonds is 11. The molecule has 0 spiro atoms. The van der Waals surface area contributed by atoms with Crippen molar-refractivity contribution >= 4 is 16.8 Å². The van der Waals surface area contributed by atoms with Gasteiger partial charge < -0.3 is 35.0 Å². The predicted molar refractivity (Wildman–Crippen MR) is 213 cm³/mol. The minimum Gasteiger partial charge on any atom is -0.469 e. The number of likely N-dealkylation sites (tertiary alicyclic amines) is 2. The summed E-state index contributed by atoms with van der Waals surface area (Å²) in [7, 11) is 0. The number of ether oxygens (including phenoxy) is 1. The summed E-state index contributed by atoms with van der Waals surface area (Å²) in [6.07, 6.45) is 5.61. The molecule has 2 fully saturated rings. The molecule has 2 aromatic carbocycles. The number of amides is 1. The molecule has 7 atom stereocenters.